The molecule has 0 aromatic heterocycles. The Morgan fingerprint density at radius 3 is 2.57 bits per heavy atom. The Kier molecular flexibility index (Phi) is 5.63. The van der Waals surface area contributed by atoms with Crippen LogP contribution in [0.3, 0.4) is 0 Å². The van der Waals surface area contributed by atoms with E-state index in [0.29, 0.717) is 12.5 Å². The Bertz CT molecular complexity index is 177. The van der Waals surface area contributed by atoms with E-state index >= 15 is 0 Å². The molecule has 2 heteroatoms. The molecule has 0 radical (unpaired) electrons. The highest BCUT2D eigenvalue weighted by atomic mass is 16.5. The van der Waals surface area contributed by atoms with Gasteiger partial charge < -0.3 is 4.74 Å². The van der Waals surface area contributed by atoms with E-state index in [9.17, 15) is 0 Å². The van der Waals surface area contributed by atoms with Gasteiger partial charge >= 0.3 is 0 Å². The van der Waals surface area contributed by atoms with Crippen molar-refractivity contribution in [3.63, 3.8) is 0 Å². The minimum atomic E-state index is 0.508. The maximum atomic E-state index is 8.35. The van der Waals surface area contributed by atoms with Gasteiger partial charge in [-0.3, -0.25) is 0 Å². The molecule has 0 N–H and O–H groups in total. The molecule has 0 aromatic rings. The van der Waals surface area contributed by atoms with Crippen LogP contribution in [0.2, 0.25) is 0 Å². The minimum absolute atomic E-state index is 0.508. The second-order valence-electron chi connectivity index (χ2n) is 4.37. The number of ether oxygens (including phenoxy) is 1. The lowest BCUT2D eigenvalue weighted by molar-refractivity contribution is 0.0182. The fraction of sp³-hybridized carbons (Fsp3) is 0.917. The second kappa shape index (κ2) is 6.84. The van der Waals surface area contributed by atoms with Crippen LogP contribution in [0.15, 0.2) is 0 Å². The van der Waals surface area contributed by atoms with E-state index in [1.165, 1.54) is 25.7 Å². The monoisotopic (exact) mass is 195 g/mol. The highest BCUT2D eigenvalue weighted by Gasteiger charge is 2.17. The van der Waals surface area contributed by atoms with Crippen molar-refractivity contribution in [2.45, 2.75) is 58.0 Å². The zero-order valence-corrected chi connectivity index (χ0v) is 9.17. The summed E-state index contributed by atoms with van der Waals surface area (Å²) in [6.07, 6.45) is 8.32. The average Bonchev–Trinajstić information content (AvgIpc) is 2.21. The minimum Gasteiger partial charge on any atom is -0.378 e. The van der Waals surface area contributed by atoms with E-state index in [4.69, 9.17) is 10.00 Å². The topological polar surface area (TPSA) is 33.0 Å². The van der Waals surface area contributed by atoms with Crippen molar-refractivity contribution >= 4 is 0 Å². The molecule has 80 valence electrons. The standard InChI is InChI=1S/C12H21NO/c1-11-5-7-12(8-6-11)14-10-4-2-3-9-13/h11-12H,2-8,10H2,1H3. The number of hydrogen-bond donors (Lipinski definition) is 0. The molecule has 0 bridgehead atoms. The summed E-state index contributed by atoms with van der Waals surface area (Å²) >= 11 is 0. The first-order valence-corrected chi connectivity index (χ1v) is 5.81. The lowest BCUT2D eigenvalue weighted by Crippen LogP contribution is -2.20. The number of hydrogen-bond acceptors (Lipinski definition) is 2. The van der Waals surface area contributed by atoms with Crippen LogP contribution in [-0.4, -0.2) is 12.7 Å². The lowest BCUT2D eigenvalue weighted by atomic mass is 9.89. The van der Waals surface area contributed by atoms with Crippen molar-refractivity contribution in [2.75, 3.05) is 6.61 Å². The maximum absolute atomic E-state index is 8.35. The molecule has 0 amide bonds. The zero-order valence-electron chi connectivity index (χ0n) is 9.17. The Labute approximate surface area is 87.3 Å². The molecular formula is C12H21NO. The van der Waals surface area contributed by atoms with Crippen molar-refractivity contribution in [1.82, 2.24) is 0 Å². The van der Waals surface area contributed by atoms with E-state index in [-0.39, 0.29) is 0 Å². The van der Waals surface area contributed by atoms with E-state index < -0.39 is 0 Å². The smallest absolute Gasteiger partial charge is 0.0621 e. The summed E-state index contributed by atoms with van der Waals surface area (Å²) < 4.78 is 5.77. The third-order valence-electron chi connectivity index (χ3n) is 3.00. The van der Waals surface area contributed by atoms with E-state index in [0.717, 1.165) is 25.4 Å². The largest absolute Gasteiger partial charge is 0.378 e. The Morgan fingerprint density at radius 1 is 1.21 bits per heavy atom. The van der Waals surface area contributed by atoms with Gasteiger partial charge in [0.25, 0.3) is 0 Å². The van der Waals surface area contributed by atoms with Crippen LogP contribution in [0.1, 0.15) is 51.9 Å². The molecule has 1 fully saturated rings. The number of rotatable bonds is 5. The Morgan fingerprint density at radius 2 is 1.93 bits per heavy atom. The Balaban J connectivity index is 1.94. The van der Waals surface area contributed by atoms with Gasteiger partial charge in [-0.2, -0.15) is 5.26 Å². The molecule has 1 saturated carbocycles. The van der Waals surface area contributed by atoms with Crippen molar-refractivity contribution < 1.29 is 4.74 Å². The van der Waals surface area contributed by atoms with Gasteiger partial charge in [0, 0.05) is 13.0 Å². The predicted molar refractivity (Wildman–Crippen MR) is 56.8 cm³/mol. The zero-order chi connectivity index (χ0) is 10.2. The van der Waals surface area contributed by atoms with Gasteiger partial charge in [-0.1, -0.05) is 6.92 Å². The summed E-state index contributed by atoms with van der Waals surface area (Å²) in [6, 6.07) is 2.16. The summed E-state index contributed by atoms with van der Waals surface area (Å²) in [5.74, 6) is 0.897. The predicted octanol–water partition coefficient (Wildman–Crippen LogP) is 3.28. The summed E-state index contributed by atoms with van der Waals surface area (Å²) in [6.45, 7) is 3.17. The van der Waals surface area contributed by atoms with Gasteiger partial charge in [-0.25, -0.2) is 0 Å². The highest BCUT2D eigenvalue weighted by molar-refractivity contribution is 4.70. The van der Waals surface area contributed by atoms with E-state index in [1.807, 2.05) is 0 Å². The fourth-order valence-corrected chi connectivity index (χ4v) is 1.95. The highest BCUT2D eigenvalue weighted by Crippen LogP contribution is 2.25. The summed E-state index contributed by atoms with van der Waals surface area (Å²) in [5, 5.41) is 8.35. The first-order chi connectivity index (χ1) is 6.83. The van der Waals surface area contributed by atoms with Crippen molar-refractivity contribution in [1.29, 1.82) is 5.26 Å². The van der Waals surface area contributed by atoms with Crippen LogP contribution in [0.25, 0.3) is 0 Å². The van der Waals surface area contributed by atoms with Crippen LogP contribution >= 0.6 is 0 Å². The molecule has 0 atom stereocenters. The van der Waals surface area contributed by atoms with Gasteiger partial charge in [0.2, 0.25) is 0 Å². The first-order valence-electron chi connectivity index (χ1n) is 5.81. The van der Waals surface area contributed by atoms with Crippen LogP contribution in [-0.2, 0) is 4.74 Å². The first kappa shape index (κ1) is 11.5. The fourth-order valence-electron chi connectivity index (χ4n) is 1.95. The third-order valence-corrected chi connectivity index (χ3v) is 3.00. The molecule has 1 rings (SSSR count). The van der Waals surface area contributed by atoms with Gasteiger partial charge in [0.1, 0.15) is 0 Å². The third kappa shape index (κ3) is 4.62. The molecule has 0 aromatic carbocycles. The van der Waals surface area contributed by atoms with Gasteiger partial charge in [-0.15, -0.1) is 0 Å². The number of nitriles is 1. The van der Waals surface area contributed by atoms with Crippen molar-refractivity contribution in [3.8, 4) is 6.07 Å². The van der Waals surface area contributed by atoms with Crippen molar-refractivity contribution in [2.24, 2.45) is 5.92 Å². The molecule has 0 heterocycles. The molecule has 1 aliphatic rings. The molecule has 0 spiro atoms. The average molecular weight is 195 g/mol. The second-order valence-corrected chi connectivity index (χ2v) is 4.37. The van der Waals surface area contributed by atoms with Gasteiger partial charge in [0.15, 0.2) is 0 Å². The molecular weight excluding hydrogens is 174 g/mol. The normalized spacial score (nSPS) is 27.1. The van der Waals surface area contributed by atoms with Gasteiger partial charge in [0.05, 0.1) is 12.2 Å². The quantitative estimate of drug-likeness (QED) is 0.631. The van der Waals surface area contributed by atoms with Crippen LogP contribution in [0.4, 0.5) is 0 Å². The molecule has 14 heavy (non-hydrogen) atoms. The summed E-state index contributed by atoms with van der Waals surface area (Å²) in [7, 11) is 0. The van der Waals surface area contributed by atoms with Crippen LogP contribution in [0, 0.1) is 17.2 Å². The molecule has 0 unspecified atom stereocenters. The SMILES string of the molecule is CC1CCC(OCCCCC#N)CC1. The van der Waals surface area contributed by atoms with Gasteiger partial charge in [-0.05, 0) is 44.4 Å². The van der Waals surface area contributed by atoms with Crippen LogP contribution in [0.5, 0.6) is 0 Å². The number of nitrogens with zero attached hydrogens (tertiary/aromatic N) is 1. The molecule has 2 nitrogen and oxygen atoms in total. The van der Waals surface area contributed by atoms with E-state index in [1.54, 1.807) is 0 Å². The van der Waals surface area contributed by atoms with Crippen LogP contribution < -0.4 is 0 Å². The molecule has 0 aliphatic heterocycles. The van der Waals surface area contributed by atoms with Crippen molar-refractivity contribution in [3.05, 3.63) is 0 Å². The summed E-state index contributed by atoms with van der Waals surface area (Å²) in [5.41, 5.74) is 0. The maximum Gasteiger partial charge on any atom is 0.0621 e. The Hall–Kier alpha value is -0.550. The molecule has 0 saturated heterocycles. The lowest BCUT2D eigenvalue weighted by Gasteiger charge is -2.26. The summed E-state index contributed by atoms with van der Waals surface area (Å²) in [4.78, 5) is 0. The number of unbranched alkanes of at least 4 members (excludes halogenated alkanes) is 2. The molecule has 1 aliphatic carbocycles. The van der Waals surface area contributed by atoms with E-state index in [2.05, 4.69) is 13.0 Å².